The van der Waals surface area contributed by atoms with Crippen LogP contribution in [0.2, 0.25) is 0 Å². The molecule has 0 amide bonds. The van der Waals surface area contributed by atoms with Crippen LogP contribution in [0.1, 0.15) is 33.5 Å². The molecule has 0 aromatic carbocycles. The van der Waals surface area contributed by atoms with E-state index in [2.05, 4.69) is 10.2 Å². The summed E-state index contributed by atoms with van der Waals surface area (Å²) in [6, 6.07) is 0.462. The number of aliphatic hydroxyl groups excluding tert-OH is 1. The van der Waals surface area contributed by atoms with Gasteiger partial charge in [-0.3, -0.25) is 4.57 Å². The van der Waals surface area contributed by atoms with Crippen molar-refractivity contribution < 1.29 is 9.84 Å². The maximum Gasteiger partial charge on any atom is 0.317 e. The van der Waals surface area contributed by atoms with Crippen LogP contribution in [0.3, 0.4) is 0 Å². The summed E-state index contributed by atoms with van der Waals surface area (Å²) in [7, 11) is 0. The van der Waals surface area contributed by atoms with Crippen LogP contribution in [0, 0.1) is 0 Å². The molecule has 5 nitrogen and oxygen atoms in total. The lowest BCUT2D eigenvalue weighted by molar-refractivity contribution is 0.226. The highest BCUT2D eigenvalue weighted by atomic mass is 16.5. The van der Waals surface area contributed by atoms with Crippen molar-refractivity contribution in [3.05, 3.63) is 5.82 Å². The minimum Gasteiger partial charge on any atom is -0.464 e. The monoisotopic (exact) mass is 199 g/mol. The van der Waals surface area contributed by atoms with Crippen LogP contribution in [-0.2, 0) is 12.1 Å². The molecule has 0 fully saturated rings. The Balaban J connectivity index is 3.13. The summed E-state index contributed by atoms with van der Waals surface area (Å²) in [5.41, 5.74) is -0.188. The van der Waals surface area contributed by atoms with Gasteiger partial charge in [0.1, 0.15) is 6.61 Å². The van der Waals surface area contributed by atoms with E-state index in [1.54, 1.807) is 4.57 Å². The van der Waals surface area contributed by atoms with Crippen molar-refractivity contribution in [3.63, 3.8) is 0 Å². The first-order valence-corrected chi connectivity index (χ1v) is 4.69. The Morgan fingerprint density at radius 1 is 1.36 bits per heavy atom. The van der Waals surface area contributed by atoms with E-state index in [4.69, 9.17) is 9.84 Å². The van der Waals surface area contributed by atoms with E-state index in [-0.39, 0.29) is 12.1 Å². The van der Waals surface area contributed by atoms with Crippen LogP contribution in [-0.4, -0.2) is 26.5 Å². The van der Waals surface area contributed by atoms with Crippen LogP contribution < -0.4 is 4.74 Å². The second-order valence-electron chi connectivity index (χ2n) is 4.00. The van der Waals surface area contributed by atoms with Gasteiger partial charge >= 0.3 is 6.01 Å². The first-order chi connectivity index (χ1) is 6.50. The first kappa shape index (κ1) is 11.0. The van der Waals surface area contributed by atoms with Gasteiger partial charge in [0.2, 0.25) is 0 Å². The zero-order valence-corrected chi connectivity index (χ0v) is 9.11. The van der Waals surface area contributed by atoms with E-state index < -0.39 is 0 Å². The van der Waals surface area contributed by atoms with E-state index in [1.807, 2.05) is 27.7 Å². The number of aromatic nitrogens is 3. The van der Waals surface area contributed by atoms with Gasteiger partial charge in [0.25, 0.3) is 0 Å². The molecule has 1 rings (SSSR count). The van der Waals surface area contributed by atoms with Gasteiger partial charge in [-0.1, -0.05) is 5.10 Å². The van der Waals surface area contributed by atoms with Gasteiger partial charge in [-0.15, -0.1) is 5.10 Å². The second-order valence-corrected chi connectivity index (χ2v) is 4.00. The molecule has 0 saturated carbocycles. The third kappa shape index (κ3) is 2.04. The molecule has 0 aliphatic heterocycles. The van der Waals surface area contributed by atoms with E-state index in [1.165, 1.54) is 0 Å². The smallest absolute Gasteiger partial charge is 0.317 e. The Kier molecular flexibility index (Phi) is 3.10. The van der Waals surface area contributed by atoms with Gasteiger partial charge in [-0.2, -0.15) is 0 Å². The largest absolute Gasteiger partial charge is 0.464 e. The summed E-state index contributed by atoms with van der Waals surface area (Å²) in [4.78, 5) is 0. The lowest BCUT2D eigenvalue weighted by Crippen LogP contribution is -2.25. The molecule has 5 heteroatoms. The van der Waals surface area contributed by atoms with Crippen molar-refractivity contribution in [2.75, 3.05) is 6.61 Å². The zero-order chi connectivity index (χ0) is 10.8. The standard InChI is InChI=1S/C9H17N3O2/c1-5-14-8-11-10-7(6-13)12(8)9(2,3)4/h13H,5-6H2,1-4H3. The molecule has 0 saturated heterocycles. The van der Waals surface area contributed by atoms with Crippen LogP contribution in [0.5, 0.6) is 6.01 Å². The van der Waals surface area contributed by atoms with Crippen LogP contribution in [0.15, 0.2) is 0 Å². The molecule has 1 aromatic heterocycles. The topological polar surface area (TPSA) is 60.2 Å². The predicted octanol–water partition coefficient (Wildman–Crippen LogP) is 0.924. The molecule has 0 atom stereocenters. The van der Waals surface area contributed by atoms with Crippen LogP contribution in [0.25, 0.3) is 0 Å². The fourth-order valence-corrected chi connectivity index (χ4v) is 1.30. The fourth-order valence-electron chi connectivity index (χ4n) is 1.30. The molecular formula is C9H17N3O2. The van der Waals surface area contributed by atoms with Crippen molar-refractivity contribution in [3.8, 4) is 6.01 Å². The van der Waals surface area contributed by atoms with Gasteiger partial charge in [-0.25, -0.2) is 0 Å². The Labute approximate surface area is 83.7 Å². The Bertz CT molecular complexity index is 301. The Hall–Kier alpha value is -1.10. The maximum atomic E-state index is 9.08. The summed E-state index contributed by atoms with van der Waals surface area (Å²) in [5, 5.41) is 16.8. The van der Waals surface area contributed by atoms with E-state index in [0.29, 0.717) is 18.4 Å². The third-order valence-corrected chi connectivity index (χ3v) is 1.79. The van der Waals surface area contributed by atoms with Gasteiger partial charge in [0, 0.05) is 5.54 Å². The Morgan fingerprint density at radius 3 is 2.43 bits per heavy atom. The molecule has 0 unspecified atom stereocenters. The SMILES string of the molecule is CCOc1nnc(CO)n1C(C)(C)C. The third-order valence-electron chi connectivity index (χ3n) is 1.79. The highest BCUT2D eigenvalue weighted by molar-refractivity contribution is 5.05. The van der Waals surface area contributed by atoms with Crippen molar-refractivity contribution >= 4 is 0 Å². The van der Waals surface area contributed by atoms with Crippen molar-refractivity contribution in [1.82, 2.24) is 14.8 Å². The van der Waals surface area contributed by atoms with Gasteiger partial charge in [-0.05, 0) is 27.7 Å². The average molecular weight is 199 g/mol. The van der Waals surface area contributed by atoms with E-state index in [0.717, 1.165) is 0 Å². The lowest BCUT2D eigenvalue weighted by atomic mass is 10.1. The predicted molar refractivity (Wildman–Crippen MR) is 52.1 cm³/mol. The summed E-state index contributed by atoms with van der Waals surface area (Å²) < 4.78 is 7.13. The molecule has 1 N–H and O–H groups in total. The average Bonchev–Trinajstić information content (AvgIpc) is 2.47. The van der Waals surface area contributed by atoms with Crippen molar-refractivity contribution in [1.29, 1.82) is 0 Å². The van der Waals surface area contributed by atoms with Gasteiger partial charge in [0.05, 0.1) is 6.61 Å². The molecule has 14 heavy (non-hydrogen) atoms. The number of ether oxygens (including phenoxy) is 1. The Morgan fingerprint density at radius 2 is 2.00 bits per heavy atom. The van der Waals surface area contributed by atoms with Gasteiger partial charge in [0.15, 0.2) is 5.82 Å². The first-order valence-electron chi connectivity index (χ1n) is 4.69. The molecule has 80 valence electrons. The van der Waals surface area contributed by atoms with Crippen molar-refractivity contribution in [2.45, 2.75) is 39.8 Å². The fraction of sp³-hybridized carbons (Fsp3) is 0.778. The molecular weight excluding hydrogens is 182 g/mol. The number of hydrogen-bond donors (Lipinski definition) is 1. The maximum absolute atomic E-state index is 9.08. The minimum absolute atomic E-state index is 0.128. The number of rotatable bonds is 3. The highest BCUT2D eigenvalue weighted by Gasteiger charge is 2.23. The van der Waals surface area contributed by atoms with E-state index >= 15 is 0 Å². The number of aliphatic hydroxyl groups is 1. The lowest BCUT2D eigenvalue weighted by Gasteiger charge is -2.23. The quantitative estimate of drug-likeness (QED) is 0.786. The molecule has 0 aliphatic carbocycles. The molecule has 0 spiro atoms. The van der Waals surface area contributed by atoms with Crippen molar-refractivity contribution in [2.24, 2.45) is 0 Å². The zero-order valence-electron chi connectivity index (χ0n) is 9.11. The summed E-state index contributed by atoms with van der Waals surface area (Å²) in [6.07, 6.45) is 0. The molecule has 1 aromatic rings. The number of hydrogen-bond acceptors (Lipinski definition) is 4. The second kappa shape index (κ2) is 3.96. The molecule has 0 aliphatic rings. The van der Waals surface area contributed by atoms with Crippen LogP contribution >= 0.6 is 0 Å². The normalized spacial score (nSPS) is 11.8. The molecule has 0 bridgehead atoms. The highest BCUT2D eigenvalue weighted by Crippen LogP contribution is 2.22. The minimum atomic E-state index is -0.188. The van der Waals surface area contributed by atoms with Gasteiger partial charge < -0.3 is 9.84 Å². The van der Waals surface area contributed by atoms with Crippen LogP contribution in [0.4, 0.5) is 0 Å². The summed E-state index contributed by atoms with van der Waals surface area (Å²) >= 11 is 0. The summed E-state index contributed by atoms with van der Waals surface area (Å²) in [5.74, 6) is 0.529. The molecule has 0 radical (unpaired) electrons. The number of nitrogens with zero attached hydrogens (tertiary/aromatic N) is 3. The summed E-state index contributed by atoms with van der Waals surface area (Å²) in [6.45, 7) is 8.34. The molecule has 1 heterocycles. The van der Waals surface area contributed by atoms with E-state index in [9.17, 15) is 0 Å².